The fourth-order valence-electron chi connectivity index (χ4n) is 3.65. The predicted octanol–water partition coefficient (Wildman–Crippen LogP) is 3.70. The Kier molecular flexibility index (Phi) is 8.83. The number of hydrogen-bond donors (Lipinski definition) is 2. The number of oxazole rings is 1. The highest BCUT2D eigenvalue weighted by Gasteiger charge is 2.38. The average molecular weight is 505 g/mol. The number of carbonyl (C=O) groups is 2. The molecule has 192 valence electrons. The molecule has 8 nitrogen and oxygen atoms in total. The molecule has 0 unspecified atom stereocenters. The largest absolute Gasteiger partial charge is 0.490 e. The second kappa shape index (κ2) is 11.8. The molecule has 11 heteroatoms. The minimum Gasteiger partial charge on any atom is -0.475 e. The molecule has 0 spiro atoms. The summed E-state index contributed by atoms with van der Waals surface area (Å²) in [7, 11) is 0. The van der Waals surface area contributed by atoms with Crippen molar-refractivity contribution in [3.05, 3.63) is 77.5 Å². The summed E-state index contributed by atoms with van der Waals surface area (Å²) in [4.78, 5) is 30.4. The van der Waals surface area contributed by atoms with E-state index in [1.807, 2.05) is 48.2 Å². The van der Waals surface area contributed by atoms with Gasteiger partial charge in [-0.05, 0) is 35.7 Å². The number of rotatable bonds is 5. The first-order valence-electron chi connectivity index (χ1n) is 11.2. The second-order valence-electron chi connectivity index (χ2n) is 8.21. The molecule has 1 saturated heterocycles. The van der Waals surface area contributed by atoms with Crippen LogP contribution in [0.5, 0.6) is 0 Å². The van der Waals surface area contributed by atoms with Crippen molar-refractivity contribution in [2.75, 3.05) is 26.2 Å². The number of carbonyl (C=O) groups excluding carboxylic acids is 1. The predicted molar refractivity (Wildman–Crippen MR) is 126 cm³/mol. The van der Waals surface area contributed by atoms with E-state index in [1.54, 1.807) is 0 Å². The number of aliphatic carboxylic acids is 1. The molecule has 1 fully saturated rings. The van der Waals surface area contributed by atoms with Crippen molar-refractivity contribution < 1.29 is 32.3 Å². The van der Waals surface area contributed by atoms with Crippen molar-refractivity contribution in [1.29, 1.82) is 0 Å². The summed E-state index contributed by atoms with van der Waals surface area (Å²) in [5, 5.41) is 7.12. The molecule has 0 bridgehead atoms. The highest BCUT2D eigenvalue weighted by Crippen LogP contribution is 2.22. The van der Waals surface area contributed by atoms with Crippen molar-refractivity contribution in [2.45, 2.75) is 26.2 Å². The molecule has 2 heterocycles. The van der Waals surface area contributed by atoms with E-state index < -0.39 is 12.1 Å². The highest BCUT2D eigenvalue weighted by atomic mass is 19.4. The number of aromatic nitrogens is 1. The number of piperazine rings is 1. The van der Waals surface area contributed by atoms with Gasteiger partial charge in [0.1, 0.15) is 5.76 Å². The van der Waals surface area contributed by atoms with E-state index in [4.69, 9.17) is 20.1 Å². The Bertz CT molecular complexity index is 1170. The van der Waals surface area contributed by atoms with Crippen LogP contribution >= 0.6 is 0 Å². The maximum absolute atomic E-state index is 13.0. The Balaban J connectivity index is 0.000000454. The van der Waals surface area contributed by atoms with Crippen molar-refractivity contribution in [3.8, 4) is 11.1 Å². The summed E-state index contributed by atoms with van der Waals surface area (Å²) in [5.41, 5.74) is 10.6. The molecule has 1 aliphatic rings. The number of nitrogens with two attached hydrogens (primary N) is 1. The number of aryl methyl sites for hydroxylation is 1. The van der Waals surface area contributed by atoms with Gasteiger partial charge in [0.05, 0.1) is 5.69 Å². The third-order valence-electron chi connectivity index (χ3n) is 5.75. The molecule has 0 radical (unpaired) electrons. The minimum atomic E-state index is -5.08. The molecule has 36 heavy (non-hydrogen) atoms. The number of alkyl halides is 3. The van der Waals surface area contributed by atoms with E-state index in [0.717, 1.165) is 53.3 Å². The van der Waals surface area contributed by atoms with Crippen molar-refractivity contribution in [3.63, 3.8) is 0 Å². The lowest BCUT2D eigenvalue weighted by Crippen LogP contribution is -2.48. The maximum atomic E-state index is 13.0. The van der Waals surface area contributed by atoms with Crippen molar-refractivity contribution >= 4 is 11.9 Å². The van der Waals surface area contributed by atoms with Crippen LogP contribution in [-0.2, 0) is 17.9 Å². The molecular weight excluding hydrogens is 477 g/mol. The SMILES string of the molecule is Cc1ocnc1CN1CCN(C(=O)c2cccc(-c3ccc(CN)cc3)c2)CC1.O=C(O)C(F)(F)F. The topological polar surface area (TPSA) is 113 Å². The number of halogens is 3. The fraction of sp³-hybridized carbons (Fsp3) is 0.320. The maximum Gasteiger partial charge on any atom is 0.490 e. The zero-order valence-electron chi connectivity index (χ0n) is 19.7. The number of carboxylic acids is 1. The molecule has 0 atom stereocenters. The van der Waals surface area contributed by atoms with Crippen molar-refractivity contribution in [2.24, 2.45) is 5.73 Å². The molecule has 3 aromatic rings. The van der Waals surface area contributed by atoms with Gasteiger partial charge in [-0.15, -0.1) is 0 Å². The summed E-state index contributed by atoms with van der Waals surface area (Å²) >= 11 is 0. The lowest BCUT2D eigenvalue weighted by atomic mass is 10.0. The van der Waals surface area contributed by atoms with Gasteiger partial charge >= 0.3 is 12.1 Å². The van der Waals surface area contributed by atoms with Crippen LogP contribution in [0, 0.1) is 6.92 Å². The first kappa shape index (κ1) is 26.9. The van der Waals surface area contributed by atoms with Crippen LogP contribution < -0.4 is 5.73 Å². The van der Waals surface area contributed by atoms with Crippen molar-refractivity contribution in [1.82, 2.24) is 14.8 Å². The van der Waals surface area contributed by atoms with E-state index in [-0.39, 0.29) is 5.91 Å². The number of benzene rings is 2. The Morgan fingerprint density at radius 1 is 1.06 bits per heavy atom. The van der Waals surface area contributed by atoms with E-state index in [9.17, 15) is 18.0 Å². The Morgan fingerprint density at radius 3 is 2.22 bits per heavy atom. The van der Waals surface area contributed by atoms with Crippen LogP contribution in [-0.4, -0.2) is 64.1 Å². The van der Waals surface area contributed by atoms with Crippen LogP contribution in [0.4, 0.5) is 13.2 Å². The van der Waals surface area contributed by atoms with Gasteiger partial charge in [-0.2, -0.15) is 13.2 Å². The number of nitrogens with zero attached hydrogens (tertiary/aromatic N) is 3. The number of carboxylic acid groups (broad SMARTS) is 1. The standard InChI is InChI=1S/C23H26N4O2.C2HF3O2/c1-17-22(25-16-29-17)15-26-9-11-27(12-10-26)23(28)21-4-2-3-20(13-21)19-7-5-18(14-24)6-8-19;3-2(4,5)1(6)7/h2-8,13,16H,9-12,14-15,24H2,1H3;(H,6,7). The van der Waals surface area contributed by atoms with E-state index in [1.165, 1.54) is 6.39 Å². The highest BCUT2D eigenvalue weighted by molar-refractivity contribution is 5.95. The zero-order valence-corrected chi connectivity index (χ0v) is 19.7. The Labute approximate surface area is 206 Å². The first-order chi connectivity index (χ1) is 17.1. The van der Waals surface area contributed by atoms with E-state index >= 15 is 0 Å². The van der Waals surface area contributed by atoms with Gasteiger partial charge < -0.3 is 20.2 Å². The fourth-order valence-corrected chi connectivity index (χ4v) is 3.65. The van der Waals surface area contributed by atoms with Crippen LogP contribution in [0.2, 0.25) is 0 Å². The monoisotopic (exact) mass is 504 g/mol. The lowest BCUT2D eigenvalue weighted by Gasteiger charge is -2.34. The van der Waals surface area contributed by atoms with Gasteiger partial charge in [-0.3, -0.25) is 9.69 Å². The summed E-state index contributed by atoms with van der Waals surface area (Å²) in [5.74, 6) is -1.81. The molecule has 3 N–H and O–H groups in total. The summed E-state index contributed by atoms with van der Waals surface area (Å²) in [6, 6.07) is 16.0. The molecule has 4 rings (SSSR count). The molecule has 0 aliphatic carbocycles. The summed E-state index contributed by atoms with van der Waals surface area (Å²) in [6.45, 7) is 6.31. The number of hydrogen-bond acceptors (Lipinski definition) is 6. The van der Waals surface area contributed by atoms with Gasteiger partial charge in [0.15, 0.2) is 6.39 Å². The van der Waals surface area contributed by atoms with Gasteiger partial charge in [-0.1, -0.05) is 36.4 Å². The number of amides is 1. The quantitative estimate of drug-likeness (QED) is 0.545. The first-order valence-corrected chi connectivity index (χ1v) is 11.2. The average Bonchev–Trinajstić information content (AvgIpc) is 3.28. The zero-order chi connectivity index (χ0) is 26.3. The van der Waals surface area contributed by atoms with Gasteiger partial charge in [-0.25, -0.2) is 9.78 Å². The lowest BCUT2D eigenvalue weighted by molar-refractivity contribution is -0.192. The molecule has 2 aromatic carbocycles. The van der Waals surface area contributed by atoms with Gasteiger partial charge in [0.25, 0.3) is 5.91 Å². The molecule has 1 aromatic heterocycles. The van der Waals surface area contributed by atoms with Crippen LogP contribution in [0.25, 0.3) is 11.1 Å². The molecule has 0 saturated carbocycles. The Hall–Kier alpha value is -3.70. The van der Waals surface area contributed by atoms with E-state index in [0.29, 0.717) is 19.6 Å². The molecule has 1 aliphatic heterocycles. The third kappa shape index (κ3) is 7.15. The second-order valence-corrected chi connectivity index (χ2v) is 8.21. The minimum absolute atomic E-state index is 0.0858. The normalized spacial score (nSPS) is 14.2. The van der Waals surface area contributed by atoms with Gasteiger partial charge in [0, 0.05) is 44.8 Å². The molecule has 1 amide bonds. The summed E-state index contributed by atoms with van der Waals surface area (Å²) < 4.78 is 37.0. The van der Waals surface area contributed by atoms with Gasteiger partial charge in [0.2, 0.25) is 0 Å². The van der Waals surface area contributed by atoms with E-state index in [2.05, 4.69) is 22.0 Å². The van der Waals surface area contributed by atoms with Crippen LogP contribution in [0.3, 0.4) is 0 Å². The third-order valence-corrected chi connectivity index (χ3v) is 5.75. The summed E-state index contributed by atoms with van der Waals surface area (Å²) in [6.07, 6.45) is -3.60. The van der Waals surface area contributed by atoms with Crippen LogP contribution in [0.15, 0.2) is 59.3 Å². The van der Waals surface area contributed by atoms with Crippen LogP contribution in [0.1, 0.15) is 27.4 Å². The smallest absolute Gasteiger partial charge is 0.475 e. The molecular formula is C25H27F3N4O4. The Morgan fingerprint density at radius 2 is 1.69 bits per heavy atom.